The van der Waals surface area contributed by atoms with E-state index >= 15 is 0 Å². The number of carbonyl (C=O) groups is 2. The average Bonchev–Trinajstić information content (AvgIpc) is 3.32. The molecule has 0 bridgehead atoms. The Hall–Kier alpha value is -3.95. The number of hydrogen-bond acceptors (Lipinski definition) is 7. The predicted octanol–water partition coefficient (Wildman–Crippen LogP) is 4.01. The summed E-state index contributed by atoms with van der Waals surface area (Å²) in [5, 5.41) is 3.82. The molecule has 35 heavy (non-hydrogen) atoms. The average molecular weight is 485 g/mol. The second-order valence-corrected chi connectivity index (χ2v) is 8.37. The number of methoxy groups -OCH3 is 1. The van der Waals surface area contributed by atoms with Crippen LogP contribution in [0.5, 0.6) is 11.5 Å². The molecule has 0 aliphatic carbocycles. The van der Waals surface area contributed by atoms with Crippen molar-refractivity contribution in [1.82, 2.24) is 21.0 Å². The number of hydrazine groups is 1. The number of carbonyl (C=O) groups excluding carboxylic acids is 2. The van der Waals surface area contributed by atoms with Gasteiger partial charge >= 0.3 is 0 Å². The summed E-state index contributed by atoms with van der Waals surface area (Å²) in [6, 6.07) is 9.42. The highest BCUT2D eigenvalue weighted by Crippen LogP contribution is 2.28. The lowest BCUT2D eigenvalue weighted by molar-refractivity contribution is -0.121. The van der Waals surface area contributed by atoms with Crippen LogP contribution in [0.3, 0.4) is 0 Å². The molecule has 10 heteroatoms. The Morgan fingerprint density at radius 2 is 1.91 bits per heavy atom. The zero-order chi connectivity index (χ0) is 25.4. The third-order valence-corrected chi connectivity index (χ3v) is 5.16. The smallest absolute Gasteiger partial charge is 0.269 e. The van der Waals surface area contributed by atoms with Gasteiger partial charge in [0.25, 0.3) is 5.91 Å². The van der Waals surface area contributed by atoms with Crippen LogP contribution in [0.15, 0.2) is 40.9 Å². The molecule has 9 nitrogen and oxygen atoms in total. The maximum absolute atomic E-state index is 13.7. The van der Waals surface area contributed by atoms with Gasteiger partial charge in [-0.05, 0) is 49.1 Å². The van der Waals surface area contributed by atoms with Crippen LogP contribution in [0.1, 0.15) is 48.5 Å². The lowest BCUT2D eigenvalue weighted by Crippen LogP contribution is -2.41. The lowest BCUT2D eigenvalue weighted by Gasteiger charge is -2.13. The molecule has 3 rings (SSSR count). The number of amides is 2. The normalized spacial score (nSPS) is 10.8. The fraction of sp³-hybridized carbons (Fsp3) is 0.360. The predicted molar refractivity (Wildman–Crippen MR) is 126 cm³/mol. The first-order valence-electron chi connectivity index (χ1n) is 11.3. The van der Waals surface area contributed by atoms with Crippen molar-refractivity contribution in [3.63, 3.8) is 0 Å². The summed E-state index contributed by atoms with van der Waals surface area (Å²) < 4.78 is 29.9. The first-order valence-corrected chi connectivity index (χ1v) is 11.3. The van der Waals surface area contributed by atoms with Gasteiger partial charge < -0.3 is 14.0 Å². The molecule has 0 aliphatic rings. The Morgan fingerprint density at radius 3 is 2.63 bits per heavy atom. The van der Waals surface area contributed by atoms with Gasteiger partial charge in [0.15, 0.2) is 11.5 Å². The Kier molecular flexibility index (Phi) is 8.77. The van der Waals surface area contributed by atoms with Crippen molar-refractivity contribution in [2.45, 2.75) is 40.0 Å². The summed E-state index contributed by atoms with van der Waals surface area (Å²) in [6.45, 7) is 6.41. The minimum Gasteiger partial charge on any atom is -0.493 e. The van der Waals surface area contributed by atoms with Gasteiger partial charge in [-0.15, -0.1) is 0 Å². The number of hydrogen-bond donors (Lipinski definition) is 2. The van der Waals surface area contributed by atoms with Gasteiger partial charge in [-0.2, -0.15) is 4.98 Å². The van der Waals surface area contributed by atoms with Crippen molar-refractivity contribution in [2.75, 3.05) is 13.7 Å². The molecule has 186 valence electrons. The van der Waals surface area contributed by atoms with Gasteiger partial charge in [-0.25, -0.2) is 4.39 Å². The molecule has 0 saturated heterocycles. The molecule has 3 aromatic rings. The minimum atomic E-state index is -0.508. The monoisotopic (exact) mass is 484 g/mol. The van der Waals surface area contributed by atoms with Crippen LogP contribution >= 0.6 is 0 Å². The summed E-state index contributed by atoms with van der Waals surface area (Å²) in [6.07, 6.45) is 1.04. The molecule has 0 unspecified atom stereocenters. The second-order valence-electron chi connectivity index (χ2n) is 8.37. The van der Waals surface area contributed by atoms with Crippen molar-refractivity contribution in [1.29, 1.82) is 0 Å². The zero-order valence-corrected chi connectivity index (χ0v) is 20.2. The Balaban J connectivity index is 1.48. The fourth-order valence-corrected chi connectivity index (χ4v) is 3.02. The van der Waals surface area contributed by atoms with Gasteiger partial charge in [0, 0.05) is 24.0 Å². The Morgan fingerprint density at radius 1 is 1.11 bits per heavy atom. The van der Waals surface area contributed by atoms with E-state index in [4.69, 9.17) is 14.0 Å². The van der Waals surface area contributed by atoms with Gasteiger partial charge in [0.1, 0.15) is 5.82 Å². The van der Waals surface area contributed by atoms with Crippen LogP contribution in [-0.2, 0) is 11.2 Å². The minimum absolute atomic E-state index is 0.00385. The summed E-state index contributed by atoms with van der Waals surface area (Å²) in [7, 11) is 1.49. The highest BCUT2D eigenvalue weighted by molar-refractivity contribution is 5.96. The summed E-state index contributed by atoms with van der Waals surface area (Å²) in [5.74, 6) is 0.615. The first-order chi connectivity index (χ1) is 16.8. The molecule has 2 N–H and O–H groups in total. The van der Waals surface area contributed by atoms with Crippen molar-refractivity contribution in [2.24, 2.45) is 5.92 Å². The molecule has 0 saturated carbocycles. The molecular weight excluding hydrogens is 455 g/mol. The van der Waals surface area contributed by atoms with E-state index in [0.717, 1.165) is 6.42 Å². The van der Waals surface area contributed by atoms with E-state index < -0.39 is 11.8 Å². The van der Waals surface area contributed by atoms with Gasteiger partial charge in [0.05, 0.1) is 13.7 Å². The number of benzene rings is 2. The molecule has 1 heterocycles. The highest BCUT2D eigenvalue weighted by Gasteiger charge is 2.14. The molecule has 0 aliphatic heterocycles. The van der Waals surface area contributed by atoms with E-state index in [1.807, 2.05) is 0 Å². The quantitative estimate of drug-likeness (QED) is 0.418. The number of rotatable bonds is 10. The number of nitrogens with zero attached hydrogens (tertiary/aromatic N) is 2. The zero-order valence-electron chi connectivity index (χ0n) is 20.2. The molecule has 1 aromatic heterocycles. The lowest BCUT2D eigenvalue weighted by atomic mass is 10.1. The summed E-state index contributed by atoms with van der Waals surface area (Å²) in [4.78, 5) is 28.8. The van der Waals surface area contributed by atoms with Gasteiger partial charge in [-0.1, -0.05) is 31.1 Å². The molecule has 0 atom stereocenters. The molecule has 0 spiro atoms. The topological polar surface area (TPSA) is 116 Å². The first kappa shape index (κ1) is 25.7. The van der Waals surface area contributed by atoms with Crippen LogP contribution in [0.4, 0.5) is 4.39 Å². The van der Waals surface area contributed by atoms with Crippen molar-refractivity contribution < 1.29 is 28.0 Å². The van der Waals surface area contributed by atoms with Crippen molar-refractivity contribution in [3.05, 3.63) is 59.2 Å². The number of ether oxygens (including phenoxy) is 2. The van der Waals surface area contributed by atoms with Crippen molar-refractivity contribution in [3.8, 4) is 22.9 Å². The van der Waals surface area contributed by atoms with E-state index in [0.29, 0.717) is 40.7 Å². The number of aryl methyl sites for hydroxylation is 2. The van der Waals surface area contributed by atoms with Crippen molar-refractivity contribution >= 4 is 11.8 Å². The highest BCUT2D eigenvalue weighted by atomic mass is 19.1. The maximum atomic E-state index is 13.7. The van der Waals surface area contributed by atoms with Crippen LogP contribution in [0.2, 0.25) is 0 Å². The molecule has 0 fully saturated rings. The Bertz CT molecular complexity index is 1180. The van der Waals surface area contributed by atoms with E-state index in [-0.39, 0.29) is 30.4 Å². The molecule has 0 radical (unpaired) electrons. The standard InChI is InChI=1S/C25H29FN4O5/c1-15(2)11-12-34-20-8-7-18(14-21(20)33-4)25(32)29-28-22(31)9-10-23-27-24(30-35-23)17-6-5-16(3)19(26)13-17/h5-8,13-15H,9-12H2,1-4H3,(H,28,31)(H,29,32). The van der Waals surface area contributed by atoms with Crippen LogP contribution in [-0.4, -0.2) is 35.7 Å². The number of aromatic nitrogens is 2. The van der Waals surface area contributed by atoms with Crippen LogP contribution in [0.25, 0.3) is 11.4 Å². The molecule has 2 amide bonds. The fourth-order valence-electron chi connectivity index (χ4n) is 3.02. The largest absolute Gasteiger partial charge is 0.493 e. The van der Waals surface area contributed by atoms with Gasteiger partial charge in [-0.3, -0.25) is 20.4 Å². The third-order valence-electron chi connectivity index (χ3n) is 5.16. The van der Waals surface area contributed by atoms with E-state index in [1.54, 1.807) is 37.3 Å². The number of nitrogens with one attached hydrogen (secondary N) is 2. The maximum Gasteiger partial charge on any atom is 0.269 e. The molecular formula is C25H29FN4O5. The van der Waals surface area contributed by atoms with Crippen LogP contribution < -0.4 is 20.3 Å². The third kappa shape index (κ3) is 7.26. The summed E-state index contributed by atoms with van der Waals surface area (Å²) in [5.41, 5.74) is 6.00. The Labute approximate surface area is 203 Å². The van der Waals surface area contributed by atoms with E-state index in [9.17, 15) is 14.0 Å². The molecule has 2 aromatic carbocycles. The second kappa shape index (κ2) is 12.0. The van der Waals surface area contributed by atoms with E-state index in [2.05, 4.69) is 34.8 Å². The summed E-state index contributed by atoms with van der Waals surface area (Å²) >= 11 is 0. The van der Waals surface area contributed by atoms with E-state index in [1.165, 1.54) is 13.2 Å². The van der Waals surface area contributed by atoms with Gasteiger partial charge in [0.2, 0.25) is 17.6 Å². The SMILES string of the molecule is COc1cc(C(=O)NNC(=O)CCc2nc(-c3ccc(C)c(F)c3)no2)ccc1OCCC(C)C. The number of halogens is 1. The van der Waals surface area contributed by atoms with Crippen LogP contribution in [0, 0.1) is 18.7 Å².